The molecule has 0 unspecified atom stereocenters. The van der Waals surface area contributed by atoms with Crippen molar-refractivity contribution < 1.29 is 0 Å². The maximum Gasteiger partial charge on any atom is 0.109 e. The minimum Gasteiger partial charge on any atom is -0.372 e. The second kappa shape index (κ2) is 6.53. The van der Waals surface area contributed by atoms with Crippen LogP contribution in [0, 0.1) is 5.41 Å². The molecule has 4 aliphatic rings. The van der Waals surface area contributed by atoms with Crippen LogP contribution in [0.15, 0.2) is 71.4 Å². The summed E-state index contributed by atoms with van der Waals surface area (Å²) in [6.45, 7) is 17.4. The van der Waals surface area contributed by atoms with Crippen LogP contribution in [0.1, 0.15) is 39.5 Å². The molecule has 1 saturated heterocycles. The molecule has 26 heavy (non-hydrogen) atoms. The predicted octanol–water partition coefficient (Wildman–Crippen LogP) is 4.47. The van der Waals surface area contributed by atoms with Gasteiger partial charge in [-0.2, -0.15) is 0 Å². The van der Waals surface area contributed by atoms with E-state index in [4.69, 9.17) is 0 Å². The second-order valence-electron chi connectivity index (χ2n) is 8.73. The van der Waals surface area contributed by atoms with Crippen LogP contribution in [0.25, 0.3) is 0 Å². The third-order valence-electron chi connectivity index (χ3n) is 6.18. The SMILES string of the molecule is C=C1C=CC(N2CCCC3=C2NCC(C(=C)N2CCC(C)(C)CC2)=C3)=C1. The Hall–Kier alpha value is -2.16. The molecule has 1 N–H and O–H groups in total. The highest BCUT2D eigenvalue weighted by atomic mass is 15.3. The molecule has 0 aromatic heterocycles. The van der Waals surface area contributed by atoms with Gasteiger partial charge in [0.1, 0.15) is 5.82 Å². The van der Waals surface area contributed by atoms with Gasteiger partial charge in [-0.3, -0.25) is 0 Å². The van der Waals surface area contributed by atoms with Crippen LogP contribution in [0.4, 0.5) is 0 Å². The molecule has 0 radical (unpaired) electrons. The number of hydrogen-bond acceptors (Lipinski definition) is 3. The Labute approximate surface area is 158 Å². The van der Waals surface area contributed by atoms with E-state index in [0.29, 0.717) is 5.41 Å². The zero-order chi connectivity index (χ0) is 18.3. The van der Waals surface area contributed by atoms with E-state index < -0.39 is 0 Å². The van der Waals surface area contributed by atoms with Crippen molar-refractivity contribution in [3.63, 3.8) is 0 Å². The van der Waals surface area contributed by atoms with Gasteiger partial charge in [0.2, 0.25) is 0 Å². The Morgan fingerprint density at radius 2 is 1.88 bits per heavy atom. The number of likely N-dealkylation sites (tertiary alicyclic amines) is 1. The van der Waals surface area contributed by atoms with Gasteiger partial charge in [-0.25, -0.2) is 0 Å². The normalized spacial score (nSPS) is 24.9. The van der Waals surface area contributed by atoms with E-state index >= 15 is 0 Å². The van der Waals surface area contributed by atoms with Gasteiger partial charge in [0.05, 0.1) is 0 Å². The van der Waals surface area contributed by atoms with Gasteiger partial charge in [-0.05, 0) is 66.0 Å². The molecule has 0 aromatic carbocycles. The lowest BCUT2D eigenvalue weighted by Gasteiger charge is -2.41. The molecule has 0 aromatic rings. The molecule has 0 spiro atoms. The molecule has 4 rings (SSSR count). The number of allylic oxidation sites excluding steroid dienone is 6. The summed E-state index contributed by atoms with van der Waals surface area (Å²) >= 11 is 0. The van der Waals surface area contributed by atoms with Crippen LogP contribution in [0.3, 0.4) is 0 Å². The number of nitrogens with zero attached hydrogens (tertiary/aromatic N) is 2. The van der Waals surface area contributed by atoms with E-state index in [1.807, 2.05) is 0 Å². The summed E-state index contributed by atoms with van der Waals surface area (Å²) in [5.41, 5.74) is 6.80. The molecule has 3 aliphatic heterocycles. The van der Waals surface area contributed by atoms with Crippen molar-refractivity contribution in [3.05, 3.63) is 71.4 Å². The smallest absolute Gasteiger partial charge is 0.109 e. The molecule has 1 aliphatic carbocycles. The summed E-state index contributed by atoms with van der Waals surface area (Å²) in [6.07, 6.45) is 13.7. The summed E-state index contributed by atoms with van der Waals surface area (Å²) in [4.78, 5) is 4.89. The Kier molecular flexibility index (Phi) is 4.34. The fourth-order valence-electron chi connectivity index (χ4n) is 4.30. The number of nitrogens with one attached hydrogen (secondary N) is 1. The van der Waals surface area contributed by atoms with Crippen molar-refractivity contribution in [3.8, 4) is 0 Å². The Morgan fingerprint density at radius 3 is 2.58 bits per heavy atom. The lowest BCUT2D eigenvalue weighted by atomic mass is 9.82. The third-order valence-corrected chi connectivity index (χ3v) is 6.18. The summed E-state index contributed by atoms with van der Waals surface area (Å²) in [7, 11) is 0. The van der Waals surface area contributed by atoms with E-state index in [-0.39, 0.29) is 0 Å². The molecule has 0 bridgehead atoms. The lowest BCUT2D eigenvalue weighted by Crippen LogP contribution is -2.41. The van der Waals surface area contributed by atoms with E-state index in [9.17, 15) is 0 Å². The van der Waals surface area contributed by atoms with Gasteiger partial charge in [0.25, 0.3) is 0 Å². The first-order valence-corrected chi connectivity index (χ1v) is 9.91. The van der Waals surface area contributed by atoms with Gasteiger partial charge in [0, 0.05) is 37.6 Å². The van der Waals surface area contributed by atoms with Crippen molar-refractivity contribution >= 4 is 0 Å². The molecule has 0 saturated carbocycles. The summed E-state index contributed by atoms with van der Waals surface area (Å²) < 4.78 is 0. The summed E-state index contributed by atoms with van der Waals surface area (Å²) in [5, 5.41) is 3.69. The van der Waals surface area contributed by atoms with Crippen molar-refractivity contribution in [1.82, 2.24) is 15.1 Å². The topological polar surface area (TPSA) is 18.5 Å². The lowest BCUT2D eigenvalue weighted by molar-refractivity contribution is 0.164. The maximum absolute atomic E-state index is 4.44. The molecule has 3 heteroatoms. The first kappa shape index (κ1) is 17.3. The highest BCUT2D eigenvalue weighted by Gasteiger charge is 2.29. The van der Waals surface area contributed by atoms with Crippen molar-refractivity contribution in [2.45, 2.75) is 39.5 Å². The third kappa shape index (κ3) is 3.27. The molecule has 3 heterocycles. The Bertz CT molecular complexity index is 750. The first-order chi connectivity index (χ1) is 12.4. The molecular weight excluding hydrogens is 318 g/mol. The average molecular weight is 350 g/mol. The fourth-order valence-corrected chi connectivity index (χ4v) is 4.30. The van der Waals surface area contributed by atoms with Crippen LogP contribution in [0.2, 0.25) is 0 Å². The second-order valence-corrected chi connectivity index (χ2v) is 8.73. The Balaban J connectivity index is 1.52. The maximum atomic E-state index is 4.44. The number of piperidine rings is 1. The van der Waals surface area contributed by atoms with E-state index in [1.54, 1.807) is 0 Å². The predicted molar refractivity (Wildman–Crippen MR) is 109 cm³/mol. The van der Waals surface area contributed by atoms with Crippen LogP contribution in [-0.4, -0.2) is 36.0 Å². The van der Waals surface area contributed by atoms with Gasteiger partial charge in [-0.1, -0.05) is 33.1 Å². The van der Waals surface area contributed by atoms with Crippen LogP contribution >= 0.6 is 0 Å². The number of rotatable bonds is 3. The molecule has 138 valence electrons. The highest BCUT2D eigenvalue weighted by molar-refractivity contribution is 5.48. The number of dihydropyridines is 1. The van der Waals surface area contributed by atoms with Crippen molar-refractivity contribution in [2.75, 3.05) is 26.2 Å². The minimum absolute atomic E-state index is 0.474. The largest absolute Gasteiger partial charge is 0.372 e. The van der Waals surface area contributed by atoms with E-state index in [1.165, 1.54) is 47.6 Å². The zero-order valence-electron chi connectivity index (χ0n) is 16.3. The van der Waals surface area contributed by atoms with Crippen LogP contribution in [-0.2, 0) is 0 Å². The van der Waals surface area contributed by atoms with Crippen molar-refractivity contribution in [2.24, 2.45) is 5.41 Å². The summed E-state index contributed by atoms with van der Waals surface area (Å²) in [5.74, 6) is 1.28. The Morgan fingerprint density at radius 1 is 1.12 bits per heavy atom. The molecule has 0 atom stereocenters. The van der Waals surface area contributed by atoms with Crippen LogP contribution < -0.4 is 5.32 Å². The van der Waals surface area contributed by atoms with E-state index in [2.05, 4.69) is 66.4 Å². The van der Waals surface area contributed by atoms with E-state index in [0.717, 1.165) is 38.2 Å². The molecule has 0 amide bonds. The van der Waals surface area contributed by atoms with Gasteiger partial charge in [-0.15, -0.1) is 0 Å². The van der Waals surface area contributed by atoms with Gasteiger partial charge in [0.15, 0.2) is 0 Å². The first-order valence-electron chi connectivity index (χ1n) is 9.91. The molecule has 1 fully saturated rings. The molecular formula is C23H31N3. The van der Waals surface area contributed by atoms with Crippen molar-refractivity contribution in [1.29, 1.82) is 0 Å². The minimum atomic E-state index is 0.474. The standard InChI is InChI=1S/C23H31N3/c1-17-7-8-21(14-17)26-11-5-6-19-15-20(16-24-22(19)26)18(2)25-12-9-23(3,4)10-13-25/h7-8,14-15,24H,1-2,5-6,9-13,16H2,3-4H3. The quantitative estimate of drug-likeness (QED) is 0.811. The average Bonchev–Trinajstić information content (AvgIpc) is 3.06. The fraction of sp³-hybridized carbons (Fsp3) is 0.478. The van der Waals surface area contributed by atoms with Gasteiger partial charge < -0.3 is 15.1 Å². The number of hydrogen-bond donors (Lipinski definition) is 1. The molecule has 3 nitrogen and oxygen atoms in total. The van der Waals surface area contributed by atoms with Gasteiger partial charge >= 0.3 is 0 Å². The monoisotopic (exact) mass is 349 g/mol. The summed E-state index contributed by atoms with van der Waals surface area (Å²) in [6, 6.07) is 0. The zero-order valence-corrected chi connectivity index (χ0v) is 16.3. The highest BCUT2D eigenvalue weighted by Crippen LogP contribution is 2.35. The van der Waals surface area contributed by atoms with Crippen LogP contribution in [0.5, 0.6) is 0 Å².